The molecule has 7 nitrogen and oxygen atoms in total. The Hall–Kier alpha value is -2.85. The first-order valence-corrected chi connectivity index (χ1v) is 7.85. The number of ether oxygens (including phenoxy) is 1. The summed E-state index contributed by atoms with van der Waals surface area (Å²) in [6.45, 7) is 0. The molecule has 0 unspecified atom stereocenters. The van der Waals surface area contributed by atoms with Gasteiger partial charge in [0.15, 0.2) is 11.5 Å². The van der Waals surface area contributed by atoms with E-state index in [2.05, 4.69) is 20.2 Å². The molecule has 0 saturated heterocycles. The second-order valence-corrected chi connectivity index (χ2v) is 5.93. The summed E-state index contributed by atoms with van der Waals surface area (Å²) in [5.41, 5.74) is 2.57. The van der Waals surface area contributed by atoms with Gasteiger partial charge in [0, 0.05) is 6.07 Å². The van der Waals surface area contributed by atoms with Crippen LogP contribution in [0.5, 0.6) is 11.5 Å². The third-order valence-corrected chi connectivity index (χ3v) is 3.92. The maximum atomic E-state index is 13.4. The van der Waals surface area contributed by atoms with E-state index in [1.54, 1.807) is 0 Å². The second-order valence-electron chi connectivity index (χ2n) is 5.11. The largest absolute Gasteiger partial charge is 0.449 e. The van der Waals surface area contributed by atoms with Crippen LogP contribution >= 0.6 is 23.2 Å². The molecule has 2 aromatic heterocycles. The van der Waals surface area contributed by atoms with Gasteiger partial charge in [-0.2, -0.15) is 13.2 Å². The van der Waals surface area contributed by atoms with Gasteiger partial charge in [-0.25, -0.2) is 4.98 Å². The number of nitrogens with one attached hydrogen (secondary N) is 1. The molecule has 2 heterocycles. The Kier molecular flexibility index (Phi) is 4.94. The van der Waals surface area contributed by atoms with Gasteiger partial charge in [0.1, 0.15) is 17.3 Å². The first-order valence-electron chi connectivity index (χ1n) is 7.09. The van der Waals surface area contributed by atoms with Crippen LogP contribution in [0.15, 0.2) is 35.1 Å². The van der Waals surface area contributed by atoms with E-state index in [0.29, 0.717) is 0 Å². The number of alkyl halides is 3. The van der Waals surface area contributed by atoms with Crippen molar-refractivity contribution in [3.63, 3.8) is 0 Å². The number of nitrogens with zero attached hydrogens (tertiary/aromatic N) is 3. The highest BCUT2D eigenvalue weighted by molar-refractivity contribution is 6.42. The van der Waals surface area contributed by atoms with Gasteiger partial charge in [-0.1, -0.05) is 23.2 Å². The van der Waals surface area contributed by atoms with Crippen LogP contribution in [0.2, 0.25) is 10.0 Å². The fourth-order valence-corrected chi connectivity index (χ4v) is 2.29. The summed E-state index contributed by atoms with van der Waals surface area (Å²) in [5.74, 6) is -1.56. The number of H-pyrrole nitrogens is 1. The van der Waals surface area contributed by atoms with Crippen molar-refractivity contribution in [1.82, 2.24) is 20.2 Å². The number of aromatic amines is 1. The molecule has 3 N–H and O–H groups in total. The number of hydrogen-bond acceptors (Lipinski definition) is 6. The molecule has 0 atom stereocenters. The average Bonchev–Trinajstić information content (AvgIpc) is 2.59. The van der Waals surface area contributed by atoms with E-state index in [9.17, 15) is 18.0 Å². The average molecular weight is 418 g/mol. The van der Waals surface area contributed by atoms with E-state index in [1.165, 1.54) is 30.3 Å². The summed E-state index contributed by atoms with van der Waals surface area (Å²) >= 11 is 11.6. The minimum absolute atomic E-state index is 0.0425. The van der Waals surface area contributed by atoms with E-state index in [-0.39, 0.29) is 27.3 Å². The predicted octanol–water partition coefficient (Wildman–Crippen LogP) is 3.93. The van der Waals surface area contributed by atoms with Crippen molar-refractivity contribution < 1.29 is 17.9 Å². The highest BCUT2D eigenvalue weighted by Gasteiger charge is 2.39. The van der Waals surface area contributed by atoms with Crippen molar-refractivity contribution in [3.8, 4) is 23.0 Å². The van der Waals surface area contributed by atoms with Crippen LogP contribution in [-0.2, 0) is 6.18 Å². The van der Waals surface area contributed by atoms with Crippen LogP contribution in [0, 0.1) is 0 Å². The zero-order chi connectivity index (χ0) is 19.8. The molecular weight excluding hydrogens is 410 g/mol. The molecule has 27 heavy (non-hydrogen) atoms. The van der Waals surface area contributed by atoms with E-state index in [4.69, 9.17) is 33.7 Å². The molecule has 0 spiro atoms. The monoisotopic (exact) mass is 417 g/mol. The smallest absolute Gasteiger partial charge is 0.437 e. The lowest BCUT2D eigenvalue weighted by Gasteiger charge is -2.13. The molecule has 0 aliphatic rings. The third-order valence-electron chi connectivity index (χ3n) is 3.18. The van der Waals surface area contributed by atoms with Crippen LogP contribution in [-0.4, -0.2) is 20.2 Å². The molecule has 0 radical (unpaired) electrons. The summed E-state index contributed by atoms with van der Waals surface area (Å²) in [5, 5.41) is 7.32. The number of halogens is 5. The molecular formula is C15H8Cl2F3N5O2. The number of nitrogen functional groups attached to an aromatic ring is 1. The van der Waals surface area contributed by atoms with E-state index in [0.717, 1.165) is 0 Å². The normalized spacial score (nSPS) is 11.4. The zero-order valence-electron chi connectivity index (χ0n) is 13.0. The molecule has 3 aromatic rings. The standard InChI is InChI=1S/C15H8Cl2F3N5O2/c16-7-2-1-6(5-8(7)17)27-11-12(15(18,19)20)22-13(23-14(11)26)9-3-4-10(21)25-24-9/h1-5H,(H2,21,25)(H,22,23,26). The molecule has 0 saturated carbocycles. The Bertz CT molecular complexity index is 1050. The van der Waals surface area contributed by atoms with Gasteiger partial charge in [-0.05, 0) is 24.3 Å². The van der Waals surface area contributed by atoms with Crippen LogP contribution < -0.4 is 16.0 Å². The number of nitrogens with two attached hydrogens (primary N) is 1. The number of anilines is 1. The number of benzene rings is 1. The van der Waals surface area contributed by atoms with Gasteiger partial charge in [-0.3, -0.25) is 4.79 Å². The number of hydrogen-bond donors (Lipinski definition) is 2. The minimum atomic E-state index is -4.98. The Balaban J connectivity index is 2.11. The molecule has 140 valence electrons. The molecule has 0 amide bonds. The maximum Gasteiger partial charge on any atom is 0.437 e. The zero-order valence-corrected chi connectivity index (χ0v) is 14.5. The van der Waals surface area contributed by atoms with Gasteiger partial charge in [-0.15, -0.1) is 10.2 Å². The molecule has 12 heteroatoms. The van der Waals surface area contributed by atoms with E-state index < -0.39 is 29.0 Å². The molecule has 0 fully saturated rings. The van der Waals surface area contributed by atoms with Gasteiger partial charge < -0.3 is 15.5 Å². The number of aromatic nitrogens is 4. The molecule has 3 rings (SSSR count). The van der Waals surface area contributed by atoms with Crippen molar-refractivity contribution in [3.05, 3.63) is 56.4 Å². The lowest BCUT2D eigenvalue weighted by Crippen LogP contribution is -2.21. The number of rotatable bonds is 3. The predicted molar refractivity (Wildman–Crippen MR) is 91.8 cm³/mol. The Morgan fingerprint density at radius 2 is 1.81 bits per heavy atom. The van der Waals surface area contributed by atoms with Crippen LogP contribution in [0.3, 0.4) is 0 Å². The fraction of sp³-hybridized carbons (Fsp3) is 0.0667. The van der Waals surface area contributed by atoms with Crippen molar-refractivity contribution in [2.45, 2.75) is 6.18 Å². The topological polar surface area (TPSA) is 107 Å². The summed E-state index contributed by atoms with van der Waals surface area (Å²) in [6, 6.07) is 6.30. The third kappa shape index (κ3) is 4.12. The second kappa shape index (κ2) is 7.05. The van der Waals surface area contributed by atoms with Crippen LogP contribution in [0.1, 0.15) is 5.69 Å². The summed E-state index contributed by atoms with van der Waals surface area (Å²) < 4.78 is 45.4. The lowest BCUT2D eigenvalue weighted by atomic mass is 10.3. The summed E-state index contributed by atoms with van der Waals surface area (Å²) in [4.78, 5) is 17.9. The SMILES string of the molecule is Nc1ccc(-c2nc(C(F)(F)F)c(Oc3ccc(Cl)c(Cl)c3)c(=O)[nH]2)nn1. The molecule has 1 aromatic carbocycles. The van der Waals surface area contributed by atoms with Gasteiger partial charge in [0.25, 0.3) is 5.56 Å². The van der Waals surface area contributed by atoms with E-state index in [1.807, 2.05) is 0 Å². The summed E-state index contributed by atoms with van der Waals surface area (Å²) in [7, 11) is 0. The van der Waals surface area contributed by atoms with Gasteiger partial charge in [0.2, 0.25) is 5.75 Å². The lowest BCUT2D eigenvalue weighted by molar-refractivity contribution is -0.142. The summed E-state index contributed by atoms with van der Waals surface area (Å²) in [6.07, 6.45) is -4.98. The van der Waals surface area contributed by atoms with Crippen molar-refractivity contribution in [1.29, 1.82) is 0 Å². The Labute approximate surface area is 158 Å². The maximum absolute atomic E-state index is 13.4. The van der Waals surface area contributed by atoms with Crippen LogP contribution in [0.4, 0.5) is 19.0 Å². The fourth-order valence-electron chi connectivity index (χ4n) is 2.00. The van der Waals surface area contributed by atoms with E-state index >= 15 is 0 Å². The first kappa shape index (κ1) is 18.9. The van der Waals surface area contributed by atoms with Crippen molar-refractivity contribution >= 4 is 29.0 Å². The Morgan fingerprint density at radius 1 is 1.07 bits per heavy atom. The molecule has 0 aliphatic carbocycles. The highest BCUT2D eigenvalue weighted by atomic mass is 35.5. The van der Waals surface area contributed by atoms with Crippen molar-refractivity contribution in [2.75, 3.05) is 5.73 Å². The quantitative estimate of drug-likeness (QED) is 0.668. The van der Waals surface area contributed by atoms with Gasteiger partial charge >= 0.3 is 6.18 Å². The molecule has 0 bridgehead atoms. The minimum Gasteiger partial charge on any atom is -0.449 e. The van der Waals surface area contributed by atoms with Crippen LogP contribution in [0.25, 0.3) is 11.5 Å². The van der Waals surface area contributed by atoms with Gasteiger partial charge in [0.05, 0.1) is 10.0 Å². The van der Waals surface area contributed by atoms with Crippen molar-refractivity contribution in [2.24, 2.45) is 0 Å². The highest BCUT2D eigenvalue weighted by Crippen LogP contribution is 2.36. The molecule has 0 aliphatic heterocycles. The first-order chi connectivity index (χ1) is 12.6. The Morgan fingerprint density at radius 3 is 2.41 bits per heavy atom.